The van der Waals surface area contributed by atoms with Gasteiger partial charge in [0.1, 0.15) is 5.75 Å². The molecule has 0 radical (unpaired) electrons. The number of ether oxygens (including phenoxy) is 3. The predicted molar refractivity (Wildman–Crippen MR) is 108 cm³/mol. The van der Waals surface area contributed by atoms with Gasteiger partial charge in [0.15, 0.2) is 23.2 Å². The Balaban J connectivity index is 1.43. The summed E-state index contributed by atoms with van der Waals surface area (Å²) in [6.45, 7) is 6.08. The number of nitrogens with one attached hydrogen (secondary N) is 1. The van der Waals surface area contributed by atoms with Crippen molar-refractivity contribution < 1.29 is 19.0 Å². The third-order valence-electron chi connectivity index (χ3n) is 4.39. The first-order valence-electron chi connectivity index (χ1n) is 8.87. The van der Waals surface area contributed by atoms with Gasteiger partial charge in [-0.25, -0.2) is 4.98 Å². The van der Waals surface area contributed by atoms with Crippen molar-refractivity contribution in [2.75, 3.05) is 18.7 Å². The van der Waals surface area contributed by atoms with Gasteiger partial charge < -0.3 is 14.2 Å². The molecule has 1 aromatic heterocycles. The van der Waals surface area contributed by atoms with E-state index in [4.69, 9.17) is 14.2 Å². The predicted octanol–water partition coefficient (Wildman–Crippen LogP) is 4.48. The summed E-state index contributed by atoms with van der Waals surface area (Å²) in [6, 6.07) is 11.6. The van der Waals surface area contributed by atoms with Gasteiger partial charge >= 0.3 is 0 Å². The maximum Gasteiger partial charge on any atom is 0.264 e. The molecule has 0 unspecified atom stereocenters. The minimum Gasteiger partial charge on any atom is -0.483 e. The van der Waals surface area contributed by atoms with Crippen LogP contribution in [0.4, 0.5) is 5.13 Å². The third kappa shape index (κ3) is 3.80. The number of anilines is 1. The van der Waals surface area contributed by atoms with Crippen LogP contribution in [-0.2, 0) is 4.79 Å². The van der Waals surface area contributed by atoms with Crippen molar-refractivity contribution in [1.82, 2.24) is 4.98 Å². The average Bonchev–Trinajstić information content (AvgIpc) is 3.28. The third-order valence-corrected chi connectivity index (χ3v) is 5.28. The molecule has 0 aliphatic carbocycles. The Kier molecular flexibility index (Phi) is 4.92. The van der Waals surface area contributed by atoms with Gasteiger partial charge in [0.05, 0.1) is 5.69 Å². The van der Waals surface area contributed by atoms with E-state index in [-0.39, 0.29) is 19.3 Å². The summed E-state index contributed by atoms with van der Waals surface area (Å²) < 4.78 is 16.4. The first-order valence-corrected chi connectivity index (χ1v) is 9.68. The van der Waals surface area contributed by atoms with E-state index in [1.807, 2.05) is 57.2 Å². The molecule has 28 heavy (non-hydrogen) atoms. The second-order valence-corrected chi connectivity index (χ2v) is 7.80. The number of hydrogen-bond acceptors (Lipinski definition) is 6. The number of carbonyl (C=O) groups is 1. The Morgan fingerprint density at radius 1 is 1.14 bits per heavy atom. The number of rotatable bonds is 5. The summed E-state index contributed by atoms with van der Waals surface area (Å²) in [5.74, 6) is 1.91. The van der Waals surface area contributed by atoms with Crippen molar-refractivity contribution in [3.05, 3.63) is 52.4 Å². The number of amides is 1. The largest absolute Gasteiger partial charge is 0.483 e. The van der Waals surface area contributed by atoms with Crippen LogP contribution in [0.5, 0.6) is 17.2 Å². The molecule has 2 aromatic carbocycles. The molecule has 2 heterocycles. The summed E-state index contributed by atoms with van der Waals surface area (Å²) in [4.78, 5) is 17.9. The standard InChI is InChI=1S/C21H20N2O4S/c1-12-4-5-13(2)17(8-12)25-10-19(24)22-21-23-20(14(3)28-21)15-6-7-16-18(9-15)27-11-26-16/h4-9H,10-11H2,1-3H3,(H,22,23,24). The summed E-state index contributed by atoms with van der Waals surface area (Å²) in [5.41, 5.74) is 3.82. The van der Waals surface area contributed by atoms with Crippen LogP contribution in [0.15, 0.2) is 36.4 Å². The minimum absolute atomic E-state index is 0.0672. The van der Waals surface area contributed by atoms with Crippen molar-refractivity contribution in [3.63, 3.8) is 0 Å². The van der Waals surface area contributed by atoms with E-state index < -0.39 is 0 Å². The second-order valence-electron chi connectivity index (χ2n) is 6.60. The highest BCUT2D eigenvalue weighted by molar-refractivity contribution is 7.16. The number of hydrogen-bond donors (Lipinski definition) is 1. The lowest BCUT2D eigenvalue weighted by Gasteiger charge is -2.09. The summed E-state index contributed by atoms with van der Waals surface area (Å²) in [5, 5.41) is 3.36. The van der Waals surface area contributed by atoms with Crippen molar-refractivity contribution >= 4 is 22.4 Å². The fraction of sp³-hybridized carbons (Fsp3) is 0.238. The summed E-state index contributed by atoms with van der Waals surface area (Å²) in [6.07, 6.45) is 0. The van der Waals surface area contributed by atoms with Crippen molar-refractivity contribution in [2.45, 2.75) is 20.8 Å². The number of thiazole rings is 1. The fourth-order valence-corrected chi connectivity index (χ4v) is 3.78. The zero-order valence-corrected chi connectivity index (χ0v) is 16.7. The second kappa shape index (κ2) is 7.52. The number of fused-ring (bicyclic) bond motifs is 1. The number of benzene rings is 2. The molecule has 144 valence electrons. The number of carbonyl (C=O) groups excluding carboxylic acids is 1. The molecule has 6 nitrogen and oxygen atoms in total. The van der Waals surface area contributed by atoms with E-state index in [1.54, 1.807) is 0 Å². The van der Waals surface area contributed by atoms with E-state index >= 15 is 0 Å². The highest BCUT2D eigenvalue weighted by Gasteiger charge is 2.17. The Hall–Kier alpha value is -3.06. The van der Waals surface area contributed by atoms with Crippen LogP contribution in [0, 0.1) is 20.8 Å². The Labute approximate surface area is 167 Å². The molecular formula is C21H20N2O4S. The van der Waals surface area contributed by atoms with Gasteiger partial charge in [0.2, 0.25) is 6.79 Å². The van der Waals surface area contributed by atoms with Crippen LogP contribution in [0.3, 0.4) is 0 Å². The van der Waals surface area contributed by atoms with Crippen LogP contribution >= 0.6 is 11.3 Å². The van der Waals surface area contributed by atoms with Crippen molar-refractivity contribution in [2.24, 2.45) is 0 Å². The van der Waals surface area contributed by atoms with Crippen molar-refractivity contribution in [3.8, 4) is 28.5 Å². The molecule has 0 spiro atoms. The lowest BCUT2D eigenvalue weighted by Crippen LogP contribution is -2.20. The maximum atomic E-state index is 12.3. The Bertz CT molecular complexity index is 1040. The molecule has 4 rings (SSSR count). The van der Waals surface area contributed by atoms with Crippen LogP contribution in [0.1, 0.15) is 16.0 Å². The molecule has 1 aliphatic heterocycles. The average molecular weight is 396 g/mol. The van der Waals surface area contributed by atoms with Crippen LogP contribution in [0.25, 0.3) is 11.3 Å². The van der Waals surface area contributed by atoms with Crippen LogP contribution in [0.2, 0.25) is 0 Å². The van der Waals surface area contributed by atoms with E-state index in [9.17, 15) is 4.79 Å². The van der Waals surface area contributed by atoms with Gasteiger partial charge in [-0.3, -0.25) is 10.1 Å². The van der Waals surface area contributed by atoms with Crippen LogP contribution in [-0.4, -0.2) is 24.3 Å². The highest BCUT2D eigenvalue weighted by atomic mass is 32.1. The molecule has 1 N–H and O–H groups in total. The zero-order valence-electron chi connectivity index (χ0n) is 15.9. The minimum atomic E-state index is -0.244. The number of aryl methyl sites for hydroxylation is 3. The first-order chi connectivity index (χ1) is 13.5. The Morgan fingerprint density at radius 2 is 1.96 bits per heavy atom. The van der Waals surface area contributed by atoms with Gasteiger partial charge in [-0.2, -0.15) is 0 Å². The molecule has 1 amide bonds. The van der Waals surface area contributed by atoms with E-state index in [0.29, 0.717) is 16.6 Å². The molecule has 0 fully saturated rings. The molecule has 0 saturated heterocycles. The lowest BCUT2D eigenvalue weighted by atomic mass is 10.1. The van der Waals surface area contributed by atoms with E-state index in [2.05, 4.69) is 10.3 Å². The van der Waals surface area contributed by atoms with Crippen molar-refractivity contribution in [1.29, 1.82) is 0 Å². The molecule has 7 heteroatoms. The topological polar surface area (TPSA) is 69.7 Å². The monoisotopic (exact) mass is 396 g/mol. The van der Waals surface area contributed by atoms with Gasteiger partial charge in [0.25, 0.3) is 5.91 Å². The fourth-order valence-electron chi connectivity index (χ4n) is 2.92. The molecule has 0 saturated carbocycles. The smallest absolute Gasteiger partial charge is 0.264 e. The SMILES string of the molecule is Cc1ccc(C)c(OCC(=O)Nc2nc(-c3ccc4c(c3)OCO4)c(C)s2)c1. The Morgan fingerprint density at radius 3 is 2.82 bits per heavy atom. The van der Waals surface area contributed by atoms with Gasteiger partial charge in [-0.05, 0) is 56.2 Å². The van der Waals surface area contributed by atoms with Crippen LogP contribution < -0.4 is 19.5 Å². The molecule has 1 aliphatic rings. The number of nitrogens with zero attached hydrogens (tertiary/aromatic N) is 1. The molecule has 3 aromatic rings. The summed E-state index contributed by atoms with van der Waals surface area (Å²) in [7, 11) is 0. The summed E-state index contributed by atoms with van der Waals surface area (Å²) >= 11 is 1.43. The maximum absolute atomic E-state index is 12.3. The first kappa shape index (κ1) is 18.3. The normalized spacial score (nSPS) is 12.1. The van der Waals surface area contributed by atoms with Gasteiger partial charge in [-0.1, -0.05) is 12.1 Å². The molecule has 0 bridgehead atoms. The van der Waals surface area contributed by atoms with Gasteiger partial charge in [-0.15, -0.1) is 11.3 Å². The highest BCUT2D eigenvalue weighted by Crippen LogP contribution is 2.38. The van der Waals surface area contributed by atoms with E-state index in [1.165, 1.54) is 11.3 Å². The molecular weight excluding hydrogens is 376 g/mol. The van der Waals surface area contributed by atoms with Gasteiger partial charge in [0, 0.05) is 10.4 Å². The molecule has 0 atom stereocenters. The quantitative estimate of drug-likeness (QED) is 0.689. The number of aromatic nitrogens is 1. The zero-order chi connectivity index (χ0) is 19.7. The lowest BCUT2D eigenvalue weighted by molar-refractivity contribution is -0.118. The van der Waals surface area contributed by atoms with E-state index in [0.717, 1.165) is 33.0 Å².